The van der Waals surface area contributed by atoms with Gasteiger partial charge in [-0.15, -0.1) is 0 Å². The largest absolute Gasteiger partial charge is 0.497 e. The number of aryl methyl sites for hydroxylation is 1. The molecule has 1 aliphatic rings. The van der Waals surface area contributed by atoms with Gasteiger partial charge in [0.15, 0.2) is 0 Å². The first kappa shape index (κ1) is 13.2. The van der Waals surface area contributed by atoms with Crippen molar-refractivity contribution in [3.05, 3.63) is 36.2 Å². The summed E-state index contributed by atoms with van der Waals surface area (Å²) in [5.41, 5.74) is 3.77. The average Bonchev–Trinajstić information content (AvgIpc) is 2.90. The van der Waals surface area contributed by atoms with E-state index in [1.54, 1.807) is 7.11 Å². The van der Waals surface area contributed by atoms with Crippen molar-refractivity contribution in [2.24, 2.45) is 7.05 Å². The van der Waals surface area contributed by atoms with Crippen LogP contribution in [-0.4, -0.2) is 30.0 Å². The van der Waals surface area contributed by atoms with Crippen LogP contribution in [0.15, 0.2) is 30.5 Å². The number of methoxy groups -OCH3 is 1. The number of hydrogen-bond donors (Lipinski definition) is 1. The zero-order valence-electron chi connectivity index (χ0n) is 12.1. The third kappa shape index (κ3) is 2.43. The van der Waals surface area contributed by atoms with Crippen LogP contribution in [0.5, 0.6) is 5.75 Å². The lowest BCUT2D eigenvalue weighted by Gasteiger charge is -2.24. The minimum absolute atomic E-state index is 0.588. The fourth-order valence-electron chi connectivity index (χ4n) is 3.04. The highest BCUT2D eigenvalue weighted by molar-refractivity contribution is 5.67. The van der Waals surface area contributed by atoms with E-state index in [-0.39, 0.29) is 0 Å². The summed E-state index contributed by atoms with van der Waals surface area (Å²) < 4.78 is 7.36. The highest BCUT2D eigenvalue weighted by atomic mass is 16.5. The normalized spacial score (nSPS) is 16.3. The molecule has 1 N–H and O–H groups in total. The predicted octanol–water partition coefficient (Wildman–Crippen LogP) is 2.56. The molecule has 2 heterocycles. The van der Waals surface area contributed by atoms with Gasteiger partial charge in [0.25, 0.3) is 0 Å². The molecule has 0 atom stereocenters. The van der Waals surface area contributed by atoms with Gasteiger partial charge in [-0.2, -0.15) is 5.10 Å². The first-order chi connectivity index (χ1) is 9.79. The highest BCUT2D eigenvalue weighted by Gasteiger charge is 2.22. The number of nitrogens with zero attached hydrogens (tertiary/aromatic N) is 2. The standard InChI is InChI=1S/C16H21N3O/c1-19-16(12-6-8-17-9-7-12)15(11-18-19)13-4-3-5-14(10-13)20-2/h3-5,10-12,17H,6-9H2,1-2H3. The van der Waals surface area contributed by atoms with Crippen molar-refractivity contribution in [3.63, 3.8) is 0 Å². The van der Waals surface area contributed by atoms with E-state index in [2.05, 4.69) is 22.5 Å². The molecule has 1 aliphatic heterocycles. The maximum Gasteiger partial charge on any atom is 0.119 e. The number of rotatable bonds is 3. The molecule has 4 heteroatoms. The summed E-state index contributed by atoms with van der Waals surface area (Å²) in [5.74, 6) is 1.48. The molecule has 0 spiro atoms. The Balaban J connectivity index is 2.00. The third-order valence-electron chi connectivity index (χ3n) is 4.09. The summed E-state index contributed by atoms with van der Waals surface area (Å²) in [6.45, 7) is 2.18. The van der Waals surface area contributed by atoms with Gasteiger partial charge in [0.1, 0.15) is 5.75 Å². The van der Waals surface area contributed by atoms with Crippen LogP contribution in [0.25, 0.3) is 11.1 Å². The van der Waals surface area contributed by atoms with Crippen LogP contribution >= 0.6 is 0 Å². The molecule has 0 unspecified atom stereocenters. The van der Waals surface area contributed by atoms with Gasteiger partial charge < -0.3 is 10.1 Å². The van der Waals surface area contributed by atoms with E-state index >= 15 is 0 Å². The Labute approximate surface area is 119 Å². The van der Waals surface area contributed by atoms with E-state index < -0.39 is 0 Å². The summed E-state index contributed by atoms with van der Waals surface area (Å²) >= 11 is 0. The summed E-state index contributed by atoms with van der Waals surface area (Å²) in [6, 6.07) is 8.23. The van der Waals surface area contributed by atoms with Crippen molar-refractivity contribution < 1.29 is 4.74 Å². The quantitative estimate of drug-likeness (QED) is 0.932. The van der Waals surface area contributed by atoms with E-state index in [1.165, 1.54) is 29.7 Å². The van der Waals surface area contributed by atoms with Gasteiger partial charge in [0, 0.05) is 24.2 Å². The third-order valence-corrected chi connectivity index (χ3v) is 4.09. The number of ether oxygens (including phenoxy) is 1. The van der Waals surface area contributed by atoms with Crippen LogP contribution in [0, 0.1) is 0 Å². The topological polar surface area (TPSA) is 39.1 Å². The minimum atomic E-state index is 0.588. The maximum atomic E-state index is 5.33. The number of hydrogen-bond acceptors (Lipinski definition) is 3. The van der Waals surface area contributed by atoms with E-state index in [4.69, 9.17) is 4.74 Å². The van der Waals surface area contributed by atoms with E-state index in [0.717, 1.165) is 18.8 Å². The molecule has 1 aromatic carbocycles. The van der Waals surface area contributed by atoms with Crippen LogP contribution in [0.1, 0.15) is 24.5 Å². The van der Waals surface area contributed by atoms with Gasteiger partial charge in [0.2, 0.25) is 0 Å². The Morgan fingerprint density at radius 2 is 2.10 bits per heavy atom. The Bertz CT molecular complexity index is 585. The first-order valence-corrected chi connectivity index (χ1v) is 7.16. The molecule has 0 saturated carbocycles. The van der Waals surface area contributed by atoms with Crippen molar-refractivity contribution >= 4 is 0 Å². The molecule has 3 rings (SSSR count). The number of piperidine rings is 1. The smallest absolute Gasteiger partial charge is 0.119 e. The second-order valence-corrected chi connectivity index (χ2v) is 5.32. The van der Waals surface area contributed by atoms with Crippen LogP contribution in [-0.2, 0) is 7.05 Å². The molecule has 20 heavy (non-hydrogen) atoms. The molecule has 106 valence electrons. The molecule has 2 aromatic rings. The molecule has 1 aromatic heterocycles. The lowest BCUT2D eigenvalue weighted by Crippen LogP contribution is -2.27. The number of nitrogens with one attached hydrogen (secondary N) is 1. The zero-order chi connectivity index (χ0) is 13.9. The second kappa shape index (κ2) is 5.67. The van der Waals surface area contributed by atoms with Crippen LogP contribution in [0.2, 0.25) is 0 Å². The summed E-state index contributed by atoms with van der Waals surface area (Å²) in [7, 11) is 3.75. The SMILES string of the molecule is COc1cccc(-c2cnn(C)c2C2CCNCC2)c1. The molecule has 1 saturated heterocycles. The minimum Gasteiger partial charge on any atom is -0.497 e. The molecular formula is C16H21N3O. The number of aromatic nitrogens is 2. The summed E-state index contributed by atoms with van der Waals surface area (Å²) in [5, 5.41) is 7.90. The average molecular weight is 271 g/mol. The lowest BCUT2D eigenvalue weighted by atomic mass is 9.90. The fraction of sp³-hybridized carbons (Fsp3) is 0.438. The summed E-state index contributed by atoms with van der Waals surface area (Å²) in [4.78, 5) is 0. The molecule has 0 radical (unpaired) electrons. The van der Waals surface area contributed by atoms with Gasteiger partial charge in [-0.05, 0) is 43.6 Å². The van der Waals surface area contributed by atoms with Gasteiger partial charge in [-0.3, -0.25) is 4.68 Å². The van der Waals surface area contributed by atoms with Crippen LogP contribution in [0.3, 0.4) is 0 Å². The Morgan fingerprint density at radius 3 is 2.85 bits per heavy atom. The first-order valence-electron chi connectivity index (χ1n) is 7.16. The van der Waals surface area contributed by atoms with Gasteiger partial charge in [0.05, 0.1) is 13.3 Å². The zero-order valence-corrected chi connectivity index (χ0v) is 12.1. The van der Waals surface area contributed by atoms with Crippen molar-refractivity contribution in [3.8, 4) is 16.9 Å². The molecular weight excluding hydrogens is 250 g/mol. The van der Waals surface area contributed by atoms with Gasteiger partial charge in [-0.25, -0.2) is 0 Å². The van der Waals surface area contributed by atoms with Gasteiger partial charge in [-0.1, -0.05) is 12.1 Å². The lowest BCUT2D eigenvalue weighted by molar-refractivity contribution is 0.415. The Kier molecular flexibility index (Phi) is 3.74. The number of benzene rings is 1. The van der Waals surface area contributed by atoms with Crippen molar-refractivity contribution in [1.29, 1.82) is 0 Å². The Morgan fingerprint density at radius 1 is 1.30 bits per heavy atom. The van der Waals surface area contributed by atoms with E-state index in [0.29, 0.717) is 5.92 Å². The van der Waals surface area contributed by atoms with E-state index in [9.17, 15) is 0 Å². The maximum absolute atomic E-state index is 5.33. The molecule has 4 nitrogen and oxygen atoms in total. The van der Waals surface area contributed by atoms with Crippen LogP contribution in [0.4, 0.5) is 0 Å². The van der Waals surface area contributed by atoms with E-state index in [1.807, 2.05) is 30.1 Å². The van der Waals surface area contributed by atoms with Crippen molar-refractivity contribution in [1.82, 2.24) is 15.1 Å². The Hall–Kier alpha value is -1.81. The van der Waals surface area contributed by atoms with Gasteiger partial charge >= 0.3 is 0 Å². The molecule has 0 bridgehead atoms. The predicted molar refractivity (Wildman–Crippen MR) is 80.0 cm³/mol. The van der Waals surface area contributed by atoms with Crippen molar-refractivity contribution in [2.45, 2.75) is 18.8 Å². The van der Waals surface area contributed by atoms with Crippen molar-refractivity contribution in [2.75, 3.05) is 20.2 Å². The molecule has 1 fully saturated rings. The van der Waals surface area contributed by atoms with Crippen LogP contribution < -0.4 is 10.1 Å². The summed E-state index contributed by atoms with van der Waals surface area (Å²) in [6.07, 6.45) is 4.33. The fourth-order valence-corrected chi connectivity index (χ4v) is 3.04. The monoisotopic (exact) mass is 271 g/mol. The second-order valence-electron chi connectivity index (χ2n) is 5.32. The molecule has 0 aliphatic carbocycles. The molecule has 0 amide bonds. The highest BCUT2D eigenvalue weighted by Crippen LogP contribution is 2.34.